The molecule has 0 radical (unpaired) electrons. The minimum atomic E-state index is -0.409. The predicted octanol–water partition coefficient (Wildman–Crippen LogP) is 0.738. The Kier molecular flexibility index (Phi) is 3.89. The van der Waals surface area contributed by atoms with Crippen molar-refractivity contribution in [1.82, 2.24) is 19.9 Å². The molecule has 0 unspecified atom stereocenters. The number of hydrogen-bond donors (Lipinski definition) is 4. The molecule has 0 saturated carbocycles. The summed E-state index contributed by atoms with van der Waals surface area (Å²) in [6.45, 7) is 4.01. The quantitative estimate of drug-likeness (QED) is 0.643. The fourth-order valence-corrected chi connectivity index (χ4v) is 2.50. The molecule has 8 heteroatoms. The van der Waals surface area contributed by atoms with Crippen LogP contribution in [-0.2, 0) is 4.74 Å². The van der Waals surface area contributed by atoms with Crippen LogP contribution in [0.2, 0.25) is 0 Å². The highest BCUT2D eigenvalue weighted by atomic mass is 16.5. The number of aliphatic hydroxyl groups is 1. The zero-order valence-electron chi connectivity index (χ0n) is 12.0. The van der Waals surface area contributed by atoms with Crippen molar-refractivity contribution in [3.8, 4) is 0 Å². The maximum absolute atomic E-state index is 9.80. The van der Waals surface area contributed by atoms with Crippen LogP contribution in [0.3, 0.4) is 0 Å². The van der Waals surface area contributed by atoms with Crippen molar-refractivity contribution in [1.29, 1.82) is 0 Å². The SMILES string of the molecule is CCNc1nc(NC2(CO)CCOCC2)c2[nH]cnc2n1. The van der Waals surface area contributed by atoms with Crippen molar-refractivity contribution < 1.29 is 9.84 Å². The predicted molar refractivity (Wildman–Crippen MR) is 79.3 cm³/mol. The minimum Gasteiger partial charge on any atom is -0.394 e. The number of anilines is 2. The van der Waals surface area contributed by atoms with E-state index in [0.29, 0.717) is 30.6 Å². The van der Waals surface area contributed by atoms with E-state index < -0.39 is 5.54 Å². The number of H-pyrrole nitrogens is 1. The molecule has 3 rings (SSSR count). The molecule has 1 fully saturated rings. The van der Waals surface area contributed by atoms with Crippen molar-refractivity contribution in [2.75, 3.05) is 37.0 Å². The summed E-state index contributed by atoms with van der Waals surface area (Å²) in [5, 5.41) is 16.3. The first-order valence-electron chi connectivity index (χ1n) is 7.18. The fraction of sp³-hybridized carbons (Fsp3) is 0.615. The Bertz CT molecular complexity index is 608. The van der Waals surface area contributed by atoms with E-state index in [9.17, 15) is 5.11 Å². The van der Waals surface area contributed by atoms with E-state index in [-0.39, 0.29) is 6.61 Å². The molecule has 0 atom stereocenters. The van der Waals surface area contributed by atoms with E-state index in [2.05, 4.69) is 30.6 Å². The van der Waals surface area contributed by atoms with Gasteiger partial charge in [0.15, 0.2) is 11.5 Å². The summed E-state index contributed by atoms with van der Waals surface area (Å²) in [6, 6.07) is 0. The average molecular weight is 292 g/mol. The maximum atomic E-state index is 9.80. The van der Waals surface area contributed by atoms with E-state index in [1.54, 1.807) is 6.33 Å². The number of rotatable bonds is 5. The van der Waals surface area contributed by atoms with Gasteiger partial charge < -0.3 is 25.5 Å². The molecule has 114 valence electrons. The number of nitrogens with zero attached hydrogens (tertiary/aromatic N) is 3. The zero-order valence-corrected chi connectivity index (χ0v) is 12.0. The van der Waals surface area contributed by atoms with Crippen LogP contribution in [0.25, 0.3) is 11.2 Å². The monoisotopic (exact) mass is 292 g/mol. The topological polar surface area (TPSA) is 108 Å². The van der Waals surface area contributed by atoms with Crippen LogP contribution in [0.1, 0.15) is 19.8 Å². The van der Waals surface area contributed by atoms with Gasteiger partial charge in [0.05, 0.1) is 18.5 Å². The van der Waals surface area contributed by atoms with Gasteiger partial charge in [0.2, 0.25) is 5.95 Å². The Balaban J connectivity index is 1.96. The number of ether oxygens (including phenoxy) is 1. The van der Waals surface area contributed by atoms with E-state index in [1.165, 1.54) is 0 Å². The number of hydrogen-bond acceptors (Lipinski definition) is 7. The van der Waals surface area contributed by atoms with Gasteiger partial charge in [0.1, 0.15) is 5.52 Å². The second-order valence-electron chi connectivity index (χ2n) is 5.20. The third kappa shape index (κ3) is 2.77. The molecular formula is C13H20N6O2. The van der Waals surface area contributed by atoms with Crippen molar-refractivity contribution in [3.63, 3.8) is 0 Å². The molecule has 1 aliphatic heterocycles. The van der Waals surface area contributed by atoms with Crippen LogP contribution < -0.4 is 10.6 Å². The number of aromatic nitrogens is 4. The lowest BCUT2D eigenvalue weighted by atomic mass is 9.91. The molecule has 21 heavy (non-hydrogen) atoms. The maximum Gasteiger partial charge on any atom is 0.226 e. The molecule has 0 aromatic carbocycles. The van der Waals surface area contributed by atoms with Crippen LogP contribution >= 0.6 is 0 Å². The third-order valence-corrected chi connectivity index (χ3v) is 3.76. The summed E-state index contributed by atoms with van der Waals surface area (Å²) in [5.41, 5.74) is 0.938. The van der Waals surface area contributed by atoms with Crippen LogP contribution in [0, 0.1) is 0 Å². The summed E-state index contributed by atoms with van der Waals surface area (Å²) < 4.78 is 5.38. The molecule has 0 spiro atoms. The van der Waals surface area contributed by atoms with Crippen LogP contribution in [0.4, 0.5) is 11.8 Å². The summed E-state index contributed by atoms with van der Waals surface area (Å²) >= 11 is 0. The lowest BCUT2D eigenvalue weighted by Crippen LogP contribution is -2.47. The van der Waals surface area contributed by atoms with Gasteiger partial charge in [0.25, 0.3) is 0 Å². The molecule has 0 aliphatic carbocycles. The molecular weight excluding hydrogens is 272 g/mol. The molecule has 4 N–H and O–H groups in total. The van der Waals surface area contributed by atoms with E-state index in [0.717, 1.165) is 24.9 Å². The standard InChI is InChI=1S/C13H20N6O2/c1-2-14-12-17-10-9(15-8-16-10)11(18-12)19-13(7-20)3-5-21-6-4-13/h8,20H,2-7H2,1H3,(H3,14,15,16,17,18,19). The molecule has 1 saturated heterocycles. The van der Waals surface area contributed by atoms with Crippen molar-refractivity contribution in [2.45, 2.75) is 25.3 Å². The van der Waals surface area contributed by atoms with Gasteiger partial charge in [-0.3, -0.25) is 0 Å². The van der Waals surface area contributed by atoms with Crippen LogP contribution in [-0.4, -0.2) is 56.9 Å². The Morgan fingerprint density at radius 1 is 1.38 bits per heavy atom. The Hall–Kier alpha value is -1.93. The molecule has 1 aliphatic rings. The first-order valence-corrected chi connectivity index (χ1v) is 7.18. The summed E-state index contributed by atoms with van der Waals surface area (Å²) in [7, 11) is 0. The second kappa shape index (κ2) is 5.82. The van der Waals surface area contributed by atoms with Crippen molar-refractivity contribution in [2.24, 2.45) is 0 Å². The first-order chi connectivity index (χ1) is 10.3. The number of aliphatic hydroxyl groups excluding tert-OH is 1. The lowest BCUT2D eigenvalue weighted by molar-refractivity contribution is 0.0379. The number of aromatic amines is 1. The number of nitrogens with one attached hydrogen (secondary N) is 3. The van der Waals surface area contributed by atoms with Gasteiger partial charge in [-0.15, -0.1) is 0 Å². The van der Waals surface area contributed by atoms with Gasteiger partial charge in [0, 0.05) is 19.8 Å². The van der Waals surface area contributed by atoms with Gasteiger partial charge >= 0.3 is 0 Å². The summed E-state index contributed by atoms with van der Waals surface area (Å²) in [4.78, 5) is 16.1. The smallest absolute Gasteiger partial charge is 0.226 e. The van der Waals surface area contributed by atoms with Crippen molar-refractivity contribution in [3.05, 3.63) is 6.33 Å². The van der Waals surface area contributed by atoms with Gasteiger partial charge in [-0.1, -0.05) is 0 Å². The van der Waals surface area contributed by atoms with E-state index in [1.807, 2.05) is 6.92 Å². The first kappa shape index (κ1) is 14.0. The highest BCUT2D eigenvalue weighted by Gasteiger charge is 2.33. The largest absolute Gasteiger partial charge is 0.394 e. The highest BCUT2D eigenvalue weighted by Crippen LogP contribution is 2.28. The molecule has 8 nitrogen and oxygen atoms in total. The second-order valence-corrected chi connectivity index (χ2v) is 5.20. The summed E-state index contributed by atoms with van der Waals surface area (Å²) in [6.07, 6.45) is 3.06. The molecule has 0 amide bonds. The van der Waals surface area contributed by atoms with Crippen molar-refractivity contribution >= 4 is 22.9 Å². The Morgan fingerprint density at radius 3 is 2.90 bits per heavy atom. The average Bonchev–Trinajstić information content (AvgIpc) is 2.97. The van der Waals surface area contributed by atoms with E-state index in [4.69, 9.17) is 4.74 Å². The minimum absolute atomic E-state index is 0.0343. The Labute approximate surface area is 122 Å². The Morgan fingerprint density at radius 2 is 2.19 bits per heavy atom. The molecule has 2 aromatic heterocycles. The van der Waals surface area contributed by atoms with E-state index >= 15 is 0 Å². The number of fused-ring (bicyclic) bond motifs is 1. The zero-order chi connectivity index (χ0) is 14.7. The highest BCUT2D eigenvalue weighted by molar-refractivity contribution is 5.84. The van der Waals surface area contributed by atoms with Crippen LogP contribution in [0.15, 0.2) is 6.33 Å². The molecule has 3 heterocycles. The number of imidazole rings is 1. The summed E-state index contributed by atoms with van der Waals surface area (Å²) in [5.74, 6) is 1.18. The van der Waals surface area contributed by atoms with Crippen LogP contribution in [0.5, 0.6) is 0 Å². The molecule has 0 bridgehead atoms. The normalized spacial score (nSPS) is 17.8. The lowest BCUT2D eigenvalue weighted by Gasteiger charge is -2.36. The molecule has 2 aromatic rings. The van der Waals surface area contributed by atoms with Gasteiger partial charge in [-0.25, -0.2) is 4.98 Å². The fourth-order valence-electron chi connectivity index (χ4n) is 2.50. The third-order valence-electron chi connectivity index (χ3n) is 3.76. The van der Waals surface area contributed by atoms with Gasteiger partial charge in [-0.2, -0.15) is 9.97 Å². The van der Waals surface area contributed by atoms with Gasteiger partial charge in [-0.05, 0) is 19.8 Å².